The van der Waals surface area contributed by atoms with Gasteiger partial charge in [0, 0.05) is 19.2 Å². The summed E-state index contributed by atoms with van der Waals surface area (Å²) < 4.78 is 13.6. The van der Waals surface area contributed by atoms with Crippen molar-refractivity contribution in [2.24, 2.45) is 10.7 Å². The van der Waals surface area contributed by atoms with Crippen molar-refractivity contribution in [3.05, 3.63) is 35.6 Å². The summed E-state index contributed by atoms with van der Waals surface area (Å²) in [5, 5.41) is 0. The highest BCUT2D eigenvalue weighted by molar-refractivity contribution is 5.78. The lowest BCUT2D eigenvalue weighted by Gasteiger charge is -2.23. The van der Waals surface area contributed by atoms with Gasteiger partial charge in [0.15, 0.2) is 5.96 Å². The number of guanidine groups is 1. The van der Waals surface area contributed by atoms with Crippen molar-refractivity contribution < 1.29 is 4.39 Å². The molecule has 0 radical (unpaired) electrons. The number of nitrogens with zero attached hydrogens (tertiary/aromatic N) is 2. The molecule has 1 saturated carbocycles. The minimum atomic E-state index is -0.195. The Kier molecular flexibility index (Phi) is 4.77. The van der Waals surface area contributed by atoms with Crippen LogP contribution in [0.3, 0.4) is 0 Å². The molecule has 0 amide bonds. The van der Waals surface area contributed by atoms with Crippen LogP contribution in [0.1, 0.15) is 37.7 Å². The summed E-state index contributed by atoms with van der Waals surface area (Å²) in [6, 6.07) is 7.12. The maximum absolute atomic E-state index is 13.6. The average Bonchev–Trinajstić information content (AvgIpc) is 2.42. The first-order chi connectivity index (χ1) is 9.16. The van der Waals surface area contributed by atoms with Gasteiger partial charge in [-0.2, -0.15) is 0 Å². The van der Waals surface area contributed by atoms with Gasteiger partial charge in [0.2, 0.25) is 0 Å². The maximum Gasteiger partial charge on any atom is 0.191 e. The second-order valence-corrected chi connectivity index (χ2v) is 5.23. The molecule has 0 aliphatic heterocycles. The fourth-order valence-electron chi connectivity index (χ4n) is 2.46. The molecule has 19 heavy (non-hydrogen) atoms. The van der Waals surface area contributed by atoms with Gasteiger partial charge < -0.3 is 10.6 Å². The summed E-state index contributed by atoms with van der Waals surface area (Å²) in [6.45, 7) is 0.453. The predicted molar refractivity (Wildman–Crippen MR) is 76.4 cm³/mol. The number of rotatable bonds is 3. The zero-order valence-corrected chi connectivity index (χ0v) is 11.5. The van der Waals surface area contributed by atoms with Crippen molar-refractivity contribution in [3.8, 4) is 0 Å². The van der Waals surface area contributed by atoms with Gasteiger partial charge in [-0.3, -0.25) is 0 Å². The van der Waals surface area contributed by atoms with Crippen molar-refractivity contribution in [1.29, 1.82) is 0 Å². The van der Waals surface area contributed by atoms with Gasteiger partial charge in [-0.15, -0.1) is 0 Å². The topological polar surface area (TPSA) is 41.6 Å². The molecule has 1 aromatic rings. The van der Waals surface area contributed by atoms with Crippen molar-refractivity contribution in [2.75, 3.05) is 7.05 Å². The first kappa shape index (κ1) is 13.8. The van der Waals surface area contributed by atoms with E-state index in [1.54, 1.807) is 12.1 Å². The molecule has 1 aliphatic rings. The van der Waals surface area contributed by atoms with Crippen LogP contribution in [0.25, 0.3) is 0 Å². The summed E-state index contributed by atoms with van der Waals surface area (Å²) in [5.74, 6) is 0.315. The number of halogens is 1. The van der Waals surface area contributed by atoms with Gasteiger partial charge >= 0.3 is 0 Å². The van der Waals surface area contributed by atoms with E-state index in [0.29, 0.717) is 24.1 Å². The summed E-state index contributed by atoms with van der Waals surface area (Å²) in [7, 11) is 1.86. The molecule has 2 N–H and O–H groups in total. The summed E-state index contributed by atoms with van der Waals surface area (Å²) in [5.41, 5.74) is 6.64. The Morgan fingerprint density at radius 1 is 1.32 bits per heavy atom. The second kappa shape index (κ2) is 6.55. The quantitative estimate of drug-likeness (QED) is 0.673. The van der Waals surface area contributed by atoms with Crippen LogP contribution in [-0.4, -0.2) is 23.9 Å². The Morgan fingerprint density at radius 2 is 2.00 bits per heavy atom. The number of hydrogen-bond acceptors (Lipinski definition) is 1. The van der Waals surface area contributed by atoms with E-state index in [4.69, 9.17) is 5.73 Å². The SMILES string of the molecule is CN(Cc1ccccc1F)C(N)=NC1CCCCC1. The third-order valence-corrected chi connectivity index (χ3v) is 3.65. The molecule has 4 heteroatoms. The monoisotopic (exact) mass is 263 g/mol. The molecular formula is C15H22FN3. The van der Waals surface area contributed by atoms with E-state index in [-0.39, 0.29) is 5.82 Å². The minimum absolute atomic E-state index is 0.195. The fourth-order valence-corrected chi connectivity index (χ4v) is 2.46. The molecule has 104 valence electrons. The molecule has 1 aliphatic carbocycles. The standard InChI is InChI=1S/C15H22FN3/c1-19(11-12-7-5-6-10-14(12)16)15(17)18-13-8-3-2-4-9-13/h5-7,10,13H,2-4,8-9,11H2,1H3,(H2,17,18). The van der Waals surface area contributed by atoms with Gasteiger partial charge in [0.1, 0.15) is 5.82 Å². The van der Waals surface area contributed by atoms with Crippen molar-refractivity contribution in [2.45, 2.75) is 44.7 Å². The molecule has 0 bridgehead atoms. The molecule has 0 aromatic heterocycles. The molecule has 0 saturated heterocycles. The first-order valence-corrected chi connectivity index (χ1v) is 6.94. The molecule has 3 nitrogen and oxygen atoms in total. The summed E-state index contributed by atoms with van der Waals surface area (Å²) in [6.07, 6.45) is 6.01. The third-order valence-electron chi connectivity index (χ3n) is 3.65. The lowest BCUT2D eigenvalue weighted by molar-refractivity contribution is 0.425. The number of hydrogen-bond donors (Lipinski definition) is 1. The Balaban J connectivity index is 1.96. The largest absolute Gasteiger partial charge is 0.370 e. The summed E-state index contributed by atoms with van der Waals surface area (Å²) in [4.78, 5) is 6.37. The Labute approximate surface area is 114 Å². The number of benzene rings is 1. The van der Waals surface area contributed by atoms with Gasteiger partial charge in [0.25, 0.3) is 0 Å². The summed E-state index contributed by atoms with van der Waals surface area (Å²) >= 11 is 0. The van der Waals surface area contributed by atoms with Crippen molar-refractivity contribution in [1.82, 2.24) is 4.90 Å². The maximum atomic E-state index is 13.6. The van der Waals surface area contributed by atoms with Gasteiger partial charge in [0.05, 0.1) is 6.04 Å². The van der Waals surface area contributed by atoms with Crippen LogP contribution >= 0.6 is 0 Å². The normalized spacial score (nSPS) is 17.5. The van der Waals surface area contributed by atoms with Crippen molar-refractivity contribution >= 4 is 5.96 Å². The van der Waals surface area contributed by atoms with E-state index in [9.17, 15) is 4.39 Å². The van der Waals surface area contributed by atoms with E-state index in [1.807, 2.05) is 18.0 Å². The second-order valence-electron chi connectivity index (χ2n) is 5.23. The van der Waals surface area contributed by atoms with E-state index in [0.717, 1.165) is 12.8 Å². The lowest BCUT2D eigenvalue weighted by atomic mass is 9.96. The first-order valence-electron chi connectivity index (χ1n) is 6.94. The van der Waals surface area contributed by atoms with Crippen LogP contribution in [0.4, 0.5) is 4.39 Å². The van der Waals surface area contributed by atoms with Crippen molar-refractivity contribution in [3.63, 3.8) is 0 Å². The molecule has 1 aromatic carbocycles. The average molecular weight is 263 g/mol. The molecular weight excluding hydrogens is 241 g/mol. The van der Waals surface area contributed by atoms with Crippen LogP contribution in [0.15, 0.2) is 29.3 Å². The van der Waals surface area contributed by atoms with Gasteiger partial charge in [-0.05, 0) is 18.9 Å². The predicted octanol–water partition coefficient (Wildman–Crippen LogP) is 2.90. The third kappa shape index (κ3) is 3.94. The number of nitrogens with two attached hydrogens (primary N) is 1. The van der Waals surface area contributed by atoms with Crippen LogP contribution in [0.2, 0.25) is 0 Å². The van der Waals surface area contributed by atoms with E-state index < -0.39 is 0 Å². The zero-order chi connectivity index (χ0) is 13.7. The molecule has 0 spiro atoms. The molecule has 0 unspecified atom stereocenters. The Morgan fingerprint density at radius 3 is 2.68 bits per heavy atom. The van der Waals surface area contributed by atoms with Crippen LogP contribution in [-0.2, 0) is 6.54 Å². The van der Waals surface area contributed by atoms with Crippen LogP contribution in [0.5, 0.6) is 0 Å². The fraction of sp³-hybridized carbons (Fsp3) is 0.533. The molecule has 2 rings (SSSR count). The minimum Gasteiger partial charge on any atom is -0.370 e. The zero-order valence-electron chi connectivity index (χ0n) is 11.5. The van der Waals surface area contributed by atoms with E-state index >= 15 is 0 Å². The van der Waals surface area contributed by atoms with E-state index in [1.165, 1.54) is 25.3 Å². The van der Waals surface area contributed by atoms with Gasteiger partial charge in [-0.1, -0.05) is 37.5 Å². The Bertz CT molecular complexity index is 439. The smallest absolute Gasteiger partial charge is 0.191 e. The molecule has 0 atom stereocenters. The molecule has 1 fully saturated rings. The Hall–Kier alpha value is -1.58. The van der Waals surface area contributed by atoms with Crippen LogP contribution < -0.4 is 5.73 Å². The highest BCUT2D eigenvalue weighted by atomic mass is 19.1. The highest BCUT2D eigenvalue weighted by Crippen LogP contribution is 2.20. The number of aliphatic imine (C=N–C) groups is 1. The lowest BCUT2D eigenvalue weighted by Crippen LogP contribution is -2.35. The highest BCUT2D eigenvalue weighted by Gasteiger charge is 2.14. The van der Waals surface area contributed by atoms with Crippen LogP contribution in [0, 0.1) is 5.82 Å². The molecule has 0 heterocycles. The van der Waals surface area contributed by atoms with E-state index in [2.05, 4.69) is 4.99 Å². The van der Waals surface area contributed by atoms with Gasteiger partial charge in [-0.25, -0.2) is 9.38 Å².